The second-order valence-corrected chi connectivity index (χ2v) is 4.41. The van der Waals surface area contributed by atoms with E-state index in [0.717, 1.165) is 0 Å². The fourth-order valence-corrected chi connectivity index (χ4v) is 1.97. The number of Topliss-reactive ketones (excluding diaryl/α,β-unsaturated/α-hetero) is 1. The van der Waals surface area contributed by atoms with E-state index in [4.69, 9.17) is 5.73 Å². The molecule has 1 aromatic rings. The smallest absolute Gasteiger partial charge is 0.328 e. The molecule has 0 unspecified atom stereocenters. The number of urea groups is 1. The van der Waals surface area contributed by atoms with Gasteiger partial charge >= 0.3 is 6.03 Å². The van der Waals surface area contributed by atoms with Crippen molar-refractivity contribution in [3.05, 3.63) is 29.8 Å². The molecule has 1 aliphatic heterocycles. The minimum absolute atomic E-state index is 0.00604. The summed E-state index contributed by atoms with van der Waals surface area (Å²) < 4.78 is 0. The van der Waals surface area contributed by atoms with Crippen LogP contribution in [0.5, 0.6) is 0 Å². The van der Waals surface area contributed by atoms with Crippen LogP contribution in [0.25, 0.3) is 0 Å². The standard InChI is InChI=1S/C13H13N3O4/c14-9-4-2-1-3-7(9)10(17)6-5-8-11(18)15-13(20)16-12(8)19/h1-4,8H,5-6,14H2,(H2,15,16,18,19,20). The average Bonchev–Trinajstić information content (AvgIpc) is 2.37. The first kappa shape index (κ1) is 13.7. The van der Waals surface area contributed by atoms with Crippen LogP contribution in [-0.2, 0) is 9.59 Å². The first-order valence-corrected chi connectivity index (χ1v) is 6.02. The Balaban J connectivity index is 2.00. The third-order valence-electron chi connectivity index (χ3n) is 3.03. The molecule has 1 saturated heterocycles. The number of carbonyl (C=O) groups excluding carboxylic acids is 4. The Morgan fingerprint density at radius 1 is 1.10 bits per heavy atom. The minimum Gasteiger partial charge on any atom is -0.398 e. The molecule has 0 saturated carbocycles. The molecule has 1 aliphatic rings. The molecule has 7 nitrogen and oxygen atoms in total. The van der Waals surface area contributed by atoms with Gasteiger partial charge in [-0.15, -0.1) is 0 Å². The summed E-state index contributed by atoms with van der Waals surface area (Å²) in [5, 5.41) is 3.98. The Bertz CT molecular complexity index is 577. The summed E-state index contributed by atoms with van der Waals surface area (Å²) >= 11 is 0. The number of barbiturate groups is 1. The Hall–Kier alpha value is -2.70. The van der Waals surface area contributed by atoms with Crippen LogP contribution in [0.1, 0.15) is 23.2 Å². The maximum Gasteiger partial charge on any atom is 0.328 e. The van der Waals surface area contributed by atoms with Gasteiger partial charge in [-0.1, -0.05) is 12.1 Å². The summed E-state index contributed by atoms with van der Waals surface area (Å²) in [7, 11) is 0. The van der Waals surface area contributed by atoms with Crippen molar-refractivity contribution >= 4 is 29.3 Å². The molecule has 20 heavy (non-hydrogen) atoms. The summed E-state index contributed by atoms with van der Waals surface area (Å²) in [4.78, 5) is 45.9. The van der Waals surface area contributed by atoms with Crippen LogP contribution in [-0.4, -0.2) is 23.6 Å². The molecule has 0 spiro atoms. The first-order chi connectivity index (χ1) is 9.49. The minimum atomic E-state index is -1.04. The summed E-state index contributed by atoms with van der Waals surface area (Å²) in [5.41, 5.74) is 6.39. The average molecular weight is 275 g/mol. The second kappa shape index (κ2) is 5.52. The van der Waals surface area contributed by atoms with Gasteiger partial charge in [0.2, 0.25) is 11.8 Å². The first-order valence-electron chi connectivity index (χ1n) is 6.02. The lowest BCUT2D eigenvalue weighted by molar-refractivity contribution is -0.136. The van der Waals surface area contributed by atoms with Crippen molar-refractivity contribution in [1.29, 1.82) is 0 Å². The van der Waals surface area contributed by atoms with Crippen molar-refractivity contribution in [2.24, 2.45) is 5.92 Å². The van der Waals surface area contributed by atoms with Gasteiger partial charge in [0, 0.05) is 17.7 Å². The number of hydrogen-bond donors (Lipinski definition) is 3. The number of anilines is 1. The van der Waals surface area contributed by atoms with Crippen molar-refractivity contribution in [3.63, 3.8) is 0 Å². The molecule has 0 bridgehead atoms. The number of para-hydroxylation sites is 1. The number of nitrogen functional groups attached to an aromatic ring is 1. The summed E-state index contributed by atoms with van der Waals surface area (Å²) in [6, 6.07) is 5.74. The van der Waals surface area contributed by atoms with Gasteiger partial charge in [0.25, 0.3) is 0 Å². The zero-order chi connectivity index (χ0) is 14.7. The van der Waals surface area contributed by atoms with Gasteiger partial charge in [0.1, 0.15) is 5.92 Å². The molecule has 0 aliphatic carbocycles. The van der Waals surface area contributed by atoms with E-state index in [1.807, 2.05) is 10.6 Å². The SMILES string of the molecule is Nc1ccccc1C(=O)CCC1C(=O)NC(=O)NC1=O. The topological polar surface area (TPSA) is 118 Å². The zero-order valence-electron chi connectivity index (χ0n) is 10.5. The number of nitrogens with one attached hydrogen (secondary N) is 2. The third-order valence-corrected chi connectivity index (χ3v) is 3.03. The van der Waals surface area contributed by atoms with Crippen molar-refractivity contribution in [2.45, 2.75) is 12.8 Å². The predicted octanol–water partition coefficient (Wildman–Crippen LogP) is 0.214. The number of imide groups is 2. The molecule has 1 aromatic carbocycles. The van der Waals surface area contributed by atoms with Crippen LogP contribution in [0.15, 0.2) is 24.3 Å². The van der Waals surface area contributed by atoms with Crippen LogP contribution >= 0.6 is 0 Å². The summed E-state index contributed by atoms with van der Waals surface area (Å²) in [5.74, 6) is -2.66. The second-order valence-electron chi connectivity index (χ2n) is 4.41. The maximum atomic E-state index is 12.0. The Morgan fingerprint density at radius 2 is 1.70 bits per heavy atom. The maximum absolute atomic E-state index is 12.0. The van der Waals surface area contributed by atoms with E-state index in [-0.39, 0.29) is 18.6 Å². The fraction of sp³-hybridized carbons (Fsp3) is 0.231. The normalized spacial score (nSPS) is 15.7. The lowest BCUT2D eigenvalue weighted by Crippen LogP contribution is -2.55. The van der Waals surface area contributed by atoms with E-state index in [9.17, 15) is 19.2 Å². The van der Waals surface area contributed by atoms with Crippen molar-refractivity contribution in [2.75, 3.05) is 5.73 Å². The fourth-order valence-electron chi connectivity index (χ4n) is 1.97. The van der Waals surface area contributed by atoms with Gasteiger partial charge in [0.05, 0.1) is 0 Å². The van der Waals surface area contributed by atoms with E-state index in [0.29, 0.717) is 11.3 Å². The largest absolute Gasteiger partial charge is 0.398 e. The highest BCUT2D eigenvalue weighted by atomic mass is 16.2. The molecule has 4 amide bonds. The molecular formula is C13H13N3O4. The molecular weight excluding hydrogens is 262 g/mol. The van der Waals surface area contributed by atoms with Gasteiger partial charge in [0.15, 0.2) is 5.78 Å². The number of nitrogens with two attached hydrogens (primary N) is 1. The number of amides is 4. The van der Waals surface area contributed by atoms with E-state index in [2.05, 4.69) is 0 Å². The van der Waals surface area contributed by atoms with E-state index in [1.165, 1.54) is 0 Å². The molecule has 104 valence electrons. The van der Waals surface area contributed by atoms with E-state index >= 15 is 0 Å². The van der Waals surface area contributed by atoms with Crippen LogP contribution < -0.4 is 16.4 Å². The van der Waals surface area contributed by atoms with E-state index in [1.54, 1.807) is 24.3 Å². The van der Waals surface area contributed by atoms with Crippen LogP contribution in [0.2, 0.25) is 0 Å². The zero-order valence-corrected chi connectivity index (χ0v) is 10.5. The van der Waals surface area contributed by atoms with Gasteiger partial charge in [-0.3, -0.25) is 25.0 Å². The third kappa shape index (κ3) is 2.82. The van der Waals surface area contributed by atoms with Gasteiger partial charge < -0.3 is 5.73 Å². The molecule has 0 aromatic heterocycles. The molecule has 0 radical (unpaired) electrons. The molecule has 4 N–H and O–H groups in total. The van der Waals surface area contributed by atoms with Crippen molar-refractivity contribution in [1.82, 2.24) is 10.6 Å². The molecule has 1 heterocycles. The molecule has 1 fully saturated rings. The van der Waals surface area contributed by atoms with Gasteiger partial charge in [-0.25, -0.2) is 4.79 Å². The lowest BCUT2D eigenvalue weighted by Gasteiger charge is -2.20. The van der Waals surface area contributed by atoms with Crippen LogP contribution in [0, 0.1) is 5.92 Å². The van der Waals surface area contributed by atoms with E-state index < -0.39 is 23.8 Å². The quantitative estimate of drug-likeness (QED) is 0.412. The van der Waals surface area contributed by atoms with Crippen molar-refractivity contribution in [3.8, 4) is 0 Å². The molecule has 2 rings (SSSR count). The summed E-state index contributed by atoms with van der Waals surface area (Å²) in [6.07, 6.45) is 0.0199. The highest BCUT2D eigenvalue weighted by Gasteiger charge is 2.34. The molecule has 0 atom stereocenters. The lowest BCUT2D eigenvalue weighted by atomic mass is 9.95. The van der Waals surface area contributed by atoms with Crippen LogP contribution in [0.3, 0.4) is 0 Å². The van der Waals surface area contributed by atoms with Crippen molar-refractivity contribution < 1.29 is 19.2 Å². The Kier molecular flexibility index (Phi) is 3.79. The highest BCUT2D eigenvalue weighted by molar-refractivity contribution is 6.16. The van der Waals surface area contributed by atoms with Crippen LogP contribution in [0.4, 0.5) is 10.5 Å². The Labute approximate surface area is 114 Å². The van der Waals surface area contributed by atoms with Gasteiger partial charge in [-0.2, -0.15) is 0 Å². The number of ketones is 1. The number of carbonyl (C=O) groups is 4. The predicted molar refractivity (Wildman–Crippen MR) is 69.6 cm³/mol. The molecule has 7 heteroatoms. The summed E-state index contributed by atoms with van der Waals surface area (Å²) in [6.45, 7) is 0. The number of rotatable bonds is 4. The number of hydrogen-bond acceptors (Lipinski definition) is 5. The monoisotopic (exact) mass is 275 g/mol. The number of benzene rings is 1. The Morgan fingerprint density at radius 3 is 2.30 bits per heavy atom. The highest BCUT2D eigenvalue weighted by Crippen LogP contribution is 2.17. The van der Waals surface area contributed by atoms with Gasteiger partial charge in [-0.05, 0) is 18.6 Å².